The second-order valence-corrected chi connectivity index (χ2v) is 23.9. The van der Waals surface area contributed by atoms with E-state index in [1.165, 1.54) is 0 Å². The summed E-state index contributed by atoms with van der Waals surface area (Å²) in [5.74, 6) is -4.27. The fraction of sp³-hybridized carbons (Fsp3) is 0.522. The van der Waals surface area contributed by atoms with Crippen LogP contribution in [0.15, 0.2) is 121 Å². The Kier molecular flexibility index (Phi) is 23.2. The maximum Gasteiger partial charge on any atom is 0.255 e. The van der Waals surface area contributed by atoms with Gasteiger partial charge in [-0.2, -0.15) is 0 Å². The fourth-order valence-electron chi connectivity index (χ4n) is 13.4. The van der Waals surface area contributed by atoms with Crippen molar-refractivity contribution >= 4 is 47.3 Å². The third-order valence-electron chi connectivity index (χ3n) is 18.6. The van der Waals surface area contributed by atoms with E-state index in [-0.39, 0.29) is 43.0 Å². The van der Waals surface area contributed by atoms with Crippen molar-refractivity contribution in [3.05, 3.63) is 144 Å². The normalized spacial score (nSPS) is 22.8. The van der Waals surface area contributed by atoms with Gasteiger partial charge < -0.3 is 62.5 Å². The molecule has 0 aromatic heterocycles. The van der Waals surface area contributed by atoms with E-state index in [0.29, 0.717) is 106 Å². The Labute approximate surface area is 511 Å². The van der Waals surface area contributed by atoms with Gasteiger partial charge in [0.1, 0.15) is 24.2 Å². The molecule has 8 rings (SSSR count). The van der Waals surface area contributed by atoms with Crippen LogP contribution in [0.1, 0.15) is 132 Å². The maximum atomic E-state index is 15.0. The van der Waals surface area contributed by atoms with Gasteiger partial charge in [0.15, 0.2) is 11.1 Å². The van der Waals surface area contributed by atoms with E-state index in [9.17, 15) is 39.0 Å². The van der Waals surface area contributed by atoms with E-state index in [0.717, 1.165) is 25.7 Å². The molecule has 10 N–H and O–H groups in total. The van der Waals surface area contributed by atoms with Crippen LogP contribution in [0, 0.1) is 11.8 Å². The third-order valence-corrected chi connectivity index (χ3v) is 18.6. The van der Waals surface area contributed by atoms with E-state index in [1.54, 1.807) is 62.0 Å². The van der Waals surface area contributed by atoms with Crippen molar-refractivity contribution in [2.24, 2.45) is 11.8 Å². The van der Waals surface area contributed by atoms with Crippen LogP contribution in [0.3, 0.4) is 0 Å². The molecule has 0 radical (unpaired) electrons. The number of carbonyl (C=O) groups excluding carboxylic acids is 8. The molecule has 10 atom stereocenters. The lowest BCUT2D eigenvalue weighted by molar-refractivity contribution is -0.145. The molecular formula is C67H90N10O10. The van der Waals surface area contributed by atoms with Gasteiger partial charge in [-0.15, -0.1) is 0 Å². The van der Waals surface area contributed by atoms with Gasteiger partial charge in [0.2, 0.25) is 35.4 Å². The summed E-state index contributed by atoms with van der Waals surface area (Å²) in [7, 11) is 3.30. The number of aliphatic hydroxyl groups excluding tert-OH is 2. The number of aliphatic hydroxyl groups is 2. The van der Waals surface area contributed by atoms with Crippen molar-refractivity contribution in [1.29, 1.82) is 0 Å². The Bertz CT molecular complexity index is 2880. The summed E-state index contributed by atoms with van der Waals surface area (Å²) < 4.78 is 0. The predicted molar refractivity (Wildman–Crippen MR) is 330 cm³/mol. The minimum absolute atomic E-state index is 0.155. The number of nitrogens with zero attached hydrogens (tertiary/aromatic N) is 2. The molecule has 0 aliphatic carbocycles. The second-order valence-electron chi connectivity index (χ2n) is 23.9. The highest BCUT2D eigenvalue weighted by atomic mass is 16.3. The molecule has 20 nitrogen and oxygen atoms in total. The van der Waals surface area contributed by atoms with Gasteiger partial charge in [0, 0.05) is 44.3 Å². The summed E-state index contributed by atoms with van der Waals surface area (Å²) in [6, 6.07) is 30.7. The van der Waals surface area contributed by atoms with Gasteiger partial charge >= 0.3 is 0 Å². The molecule has 0 bridgehead atoms. The monoisotopic (exact) mass is 1190 g/mol. The van der Waals surface area contributed by atoms with Crippen molar-refractivity contribution in [2.45, 2.75) is 170 Å². The summed E-state index contributed by atoms with van der Waals surface area (Å²) in [6.45, 7) is 3.54. The summed E-state index contributed by atoms with van der Waals surface area (Å²) in [4.78, 5) is 119. The molecule has 4 aromatic carbocycles. The van der Waals surface area contributed by atoms with Crippen molar-refractivity contribution in [2.75, 3.05) is 40.4 Å². The zero-order valence-corrected chi connectivity index (χ0v) is 50.8. The molecule has 4 aliphatic rings. The molecule has 4 aliphatic heterocycles. The summed E-state index contributed by atoms with van der Waals surface area (Å²) in [5, 5.41) is 44.7. The number of carbonyl (C=O) groups is 8. The lowest BCUT2D eigenvalue weighted by Crippen LogP contribution is -2.62. The van der Waals surface area contributed by atoms with Crippen LogP contribution in [0.5, 0.6) is 0 Å². The zero-order chi connectivity index (χ0) is 62.1. The number of rotatable bonds is 28. The topological polar surface area (TPSA) is 280 Å². The van der Waals surface area contributed by atoms with Crippen LogP contribution in [-0.2, 0) is 49.4 Å². The Morgan fingerprint density at radius 3 is 1.16 bits per heavy atom. The number of nitrogens with one attached hydrogen (secondary N) is 8. The quantitative estimate of drug-likeness (QED) is 0.0364. The molecule has 0 spiro atoms. The highest BCUT2D eigenvalue weighted by molar-refractivity contribution is 6.01. The van der Waals surface area contributed by atoms with Gasteiger partial charge in [-0.25, -0.2) is 0 Å². The van der Waals surface area contributed by atoms with Gasteiger partial charge in [-0.05, 0) is 127 Å². The smallest absolute Gasteiger partial charge is 0.255 e. The Hall–Kier alpha value is -7.52. The van der Waals surface area contributed by atoms with E-state index in [2.05, 4.69) is 42.5 Å². The molecule has 0 saturated carbocycles. The number of likely N-dealkylation sites (N-methyl/N-ethyl adjacent to an activating group) is 2. The molecule has 4 saturated heterocycles. The minimum Gasteiger partial charge on any atom is -0.396 e. The molecule has 0 unspecified atom stereocenters. The van der Waals surface area contributed by atoms with Crippen molar-refractivity contribution < 1.29 is 48.6 Å². The van der Waals surface area contributed by atoms with Crippen LogP contribution in [0.4, 0.5) is 0 Å². The van der Waals surface area contributed by atoms with Crippen LogP contribution >= 0.6 is 0 Å². The summed E-state index contributed by atoms with van der Waals surface area (Å²) >= 11 is 0. The van der Waals surface area contributed by atoms with E-state index < -0.39 is 88.7 Å². The van der Waals surface area contributed by atoms with Crippen LogP contribution in [0.2, 0.25) is 0 Å². The minimum atomic E-state index is -1.69. The third kappa shape index (κ3) is 14.7. The van der Waals surface area contributed by atoms with Gasteiger partial charge in [0.05, 0.1) is 12.1 Å². The lowest BCUT2D eigenvalue weighted by Gasteiger charge is -2.38. The number of benzene rings is 4. The van der Waals surface area contributed by atoms with Crippen molar-refractivity contribution in [3.8, 4) is 0 Å². The van der Waals surface area contributed by atoms with Crippen LogP contribution in [-0.4, -0.2) is 156 Å². The Morgan fingerprint density at radius 2 is 0.816 bits per heavy atom. The maximum absolute atomic E-state index is 15.0. The van der Waals surface area contributed by atoms with E-state index in [1.807, 2.05) is 97.1 Å². The molecular weight excluding hydrogens is 1100 g/mol. The fourth-order valence-corrected chi connectivity index (χ4v) is 13.4. The number of hydrogen-bond acceptors (Lipinski definition) is 12. The van der Waals surface area contributed by atoms with Crippen LogP contribution in [0.25, 0.3) is 0 Å². The Balaban J connectivity index is 0.898. The first-order valence-corrected chi connectivity index (χ1v) is 31.4. The SMILES string of the molecule is CN[C@@H](C)C(=O)N[C@@H]1C(=O)N2[C@@H](CC[C@@H]1CCO)CC[C@H]2C(=O)NC(C(=O)NCCCCCCCCNC(=O)C(NC(=O)[C@@H]1CC[C@@H]2CC[C@H](CO)[C@H](NC(=O)[C@H](C)NC)C(=O)N21)(c1ccccc1)c1ccccc1)(c1ccccc1)c1ccccc1. The average molecular weight is 1200 g/mol. The summed E-state index contributed by atoms with van der Waals surface area (Å²) in [6.07, 6.45) is 8.90. The lowest BCUT2D eigenvalue weighted by atomic mass is 9.81. The molecule has 4 fully saturated rings. The van der Waals surface area contributed by atoms with Gasteiger partial charge in [-0.1, -0.05) is 147 Å². The van der Waals surface area contributed by atoms with Crippen molar-refractivity contribution in [3.63, 3.8) is 0 Å². The molecule has 20 heteroatoms. The van der Waals surface area contributed by atoms with Crippen molar-refractivity contribution in [1.82, 2.24) is 52.3 Å². The number of fused-ring (bicyclic) bond motifs is 2. The second kappa shape index (κ2) is 30.9. The highest BCUT2D eigenvalue weighted by Crippen LogP contribution is 2.39. The number of hydrogen-bond donors (Lipinski definition) is 10. The molecule has 87 heavy (non-hydrogen) atoms. The zero-order valence-electron chi connectivity index (χ0n) is 50.8. The number of amides is 8. The first-order valence-electron chi connectivity index (χ1n) is 31.4. The van der Waals surface area contributed by atoms with Gasteiger partial charge in [-0.3, -0.25) is 38.4 Å². The molecule has 4 heterocycles. The first kappa shape index (κ1) is 65.5. The standard InChI is InChI=1S/C67H90N10O10/c1-44(68-3)58(80)72-56-46(39-42-78)31-33-52-35-37-54(76(52)62(56)84)60(82)74-66(48-23-13-9-14-24-48,49-25-15-10-16-26-49)64(86)70-40-21-7-5-6-8-22-41-71-65(87)67(50-27-17-11-18-28-50,51-29-19-12-20-30-51)75-61(83)55-38-36-53-34-32-47(43-79)57(63(85)77(53)55)73-59(81)45(2)69-4/h9-20,23-30,44-47,52-57,68-69,78-79H,5-8,21-22,31-43H2,1-4H3,(H,70,86)(H,71,87)(H,72,80)(H,73,81)(H,74,82)(H,75,83)/t44-,45-,46+,47+,52-,53-,54-,55-,56-,57-/m0/s1. The molecule has 4 aromatic rings. The first-order chi connectivity index (χ1) is 42.1. The van der Waals surface area contributed by atoms with E-state index in [4.69, 9.17) is 0 Å². The highest BCUT2D eigenvalue weighted by Gasteiger charge is 2.53. The van der Waals surface area contributed by atoms with Gasteiger partial charge in [0.25, 0.3) is 11.8 Å². The molecule has 468 valence electrons. The average Bonchev–Trinajstić information content (AvgIpc) is 3.30. The predicted octanol–water partition coefficient (Wildman–Crippen LogP) is 3.78. The summed E-state index contributed by atoms with van der Waals surface area (Å²) in [5.41, 5.74) is -1.22. The Morgan fingerprint density at radius 1 is 0.483 bits per heavy atom. The molecule has 8 amide bonds. The van der Waals surface area contributed by atoms with Crippen LogP contribution < -0.4 is 42.5 Å². The largest absolute Gasteiger partial charge is 0.396 e. The number of unbranched alkanes of at least 4 members (excludes halogenated alkanes) is 5. The van der Waals surface area contributed by atoms with E-state index >= 15 is 9.59 Å².